The number of aliphatic carboxylic acids is 1. The Labute approximate surface area is 174 Å². The van der Waals surface area contributed by atoms with Crippen molar-refractivity contribution in [3.05, 3.63) is 48.5 Å². The van der Waals surface area contributed by atoms with E-state index in [2.05, 4.69) is 9.97 Å². The van der Waals surface area contributed by atoms with Crippen LogP contribution in [-0.4, -0.2) is 57.2 Å². The zero-order chi connectivity index (χ0) is 22.6. The predicted octanol–water partition coefficient (Wildman–Crippen LogP) is 3.09. The van der Waals surface area contributed by atoms with Gasteiger partial charge in [0, 0.05) is 36.9 Å². The summed E-state index contributed by atoms with van der Waals surface area (Å²) >= 11 is 0. The molecule has 3 N–H and O–H groups in total. The van der Waals surface area contributed by atoms with Crippen molar-refractivity contribution in [1.82, 2.24) is 14.9 Å². The normalized spacial score (nSPS) is 14.8. The van der Waals surface area contributed by atoms with Crippen molar-refractivity contribution in [2.75, 3.05) is 13.1 Å². The first-order valence-corrected chi connectivity index (χ1v) is 9.30. The van der Waals surface area contributed by atoms with Crippen molar-refractivity contribution < 1.29 is 32.3 Å². The van der Waals surface area contributed by atoms with Gasteiger partial charge in [0.25, 0.3) is 5.91 Å². The number of halogens is 3. The molecule has 0 bridgehead atoms. The number of nitrogens with zero attached hydrogens (tertiary/aromatic N) is 3. The third-order valence-electron chi connectivity index (χ3n) is 4.69. The van der Waals surface area contributed by atoms with Crippen molar-refractivity contribution >= 4 is 22.8 Å². The molecule has 1 saturated heterocycles. The Bertz CT molecular complexity index is 1060. The van der Waals surface area contributed by atoms with E-state index < -0.39 is 12.1 Å². The number of alkyl halides is 3. The molecule has 0 unspecified atom stereocenters. The van der Waals surface area contributed by atoms with Crippen LogP contribution in [0.25, 0.3) is 22.4 Å². The average molecular weight is 436 g/mol. The lowest BCUT2D eigenvalue weighted by molar-refractivity contribution is -0.192. The molecule has 0 aliphatic carbocycles. The smallest absolute Gasteiger partial charge is 0.475 e. The van der Waals surface area contributed by atoms with E-state index >= 15 is 0 Å². The van der Waals surface area contributed by atoms with Crippen molar-refractivity contribution in [2.45, 2.75) is 25.1 Å². The summed E-state index contributed by atoms with van der Waals surface area (Å²) in [5.74, 6) is -2.25. The van der Waals surface area contributed by atoms with E-state index in [4.69, 9.17) is 20.1 Å². The zero-order valence-corrected chi connectivity index (χ0v) is 16.2. The van der Waals surface area contributed by atoms with Crippen LogP contribution in [0.3, 0.4) is 0 Å². The van der Waals surface area contributed by atoms with Crippen LogP contribution in [0.1, 0.15) is 23.2 Å². The molecular weight excluding hydrogens is 417 g/mol. The number of fused-ring (bicyclic) bond motifs is 1. The summed E-state index contributed by atoms with van der Waals surface area (Å²) in [5.41, 5.74) is 7.96. The molecule has 1 aliphatic heterocycles. The summed E-state index contributed by atoms with van der Waals surface area (Å²) < 4.78 is 37.3. The monoisotopic (exact) mass is 436 g/mol. The van der Waals surface area contributed by atoms with Gasteiger partial charge in [0.2, 0.25) is 0 Å². The third-order valence-corrected chi connectivity index (χ3v) is 4.69. The summed E-state index contributed by atoms with van der Waals surface area (Å²) in [7, 11) is 0. The number of rotatable bonds is 2. The Morgan fingerprint density at radius 3 is 2.32 bits per heavy atom. The van der Waals surface area contributed by atoms with Gasteiger partial charge >= 0.3 is 12.1 Å². The molecule has 31 heavy (non-hydrogen) atoms. The fourth-order valence-corrected chi connectivity index (χ4v) is 3.03. The summed E-state index contributed by atoms with van der Waals surface area (Å²) in [6, 6.07) is 7.92. The van der Waals surface area contributed by atoms with Crippen molar-refractivity contribution in [1.29, 1.82) is 0 Å². The van der Waals surface area contributed by atoms with Gasteiger partial charge in [-0.25, -0.2) is 14.8 Å². The molecule has 1 aliphatic rings. The first kappa shape index (κ1) is 22.2. The summed E-state index contributed by atoms with van der Waals surface area (Å²) in [5, 5.41) is 8.13. The van der Waals surface area contributed by atoms with Crippen LogP contribution in [0.15, 0.2) is 47.3 Å². The molecule has 0 radical (unpaired) electrons. The van der Waals surface area contributed by atoms with Crippen molar-refractivity contribution in [3.8, 4) is 11.4 Å². The number of benzene rings is 1. The highest BCUT2D eigenvalue weighted by molar-refractivity contribution is 5.94. The molecular formula is C20H19F3N4O4. The number of carboxylic acids is 1. The minimum Gasteiger partial charge on any atom is -0.475 e. The van der Waals surface area contributed by atoms with Crippen LogP contribution < -0.4 is 5.73 Å². The predicted molar refractivity (Wildman–Crippen MR) is 104 cm³/mol. The third kappa shape index (κ3) is 5.37. The Hall–Kier alpha value is -3.47. The molecule has 8 nitrogen and oxygen atoms in total. The molecule has 0 saturated carbocycles. The minimum absolute atomic E-state index is 0.0374. The number of hydrogen-bond acceptors (Lipinski definition) is 6. The van der Waals surface area contributed by atoms with Crippen LogP contribution in [0.5, 0.6) is 0 Å². The van der Waals surface area contributed by atoms with Gasteiger partial charge < -0.3 is 20.2 Å². The van der Waals surface area contributed by atoms with Gasteiger partial charge in [-0.2, -0.15) is 13.2 Å². The fourth-order valence-electron chi connectivity index (χ4n) is 3.03. The van der Waals surface area contributed by atoms with Crippen LogP contribution >= 0.6 is 0 Å². The van der Waals surface area contributed by atoms with Gasteiger partial charge in [-0.05, 0) is 25.0 Å². The highest BCUT2D eigenvalue weighted by atomic mass is 19.4. The van der Waals surface area contributed by atoms with Crippen molar-refractivity contribution in [3.63, 3.8) is 0 Å². The average Bonchev–Trinajstić information content (AvgIpc) is 3.23. The Kier molecular flexibility index (Phi) is 6.54. The quantitative estimate of drug-likeness (QED) is 0.633. The second-order valence-electron chi connectivity index (χ2n) is 6.87. The topological polar surface area (TPSA) is 123 Å². The number of carboxylic acid groups (broad SMARTS) is 1. The lowest BCUT2D eigenvalue weighted by Gasteiger charge is -2.30. The highest BCUT2D eigenvalue weighted by Crippen LogP contribution is 2.26. The lowest BCUT2D eigenvalue weighted by atomic mass is 10.1. The second kappa shape index (κ2) is 9.13. The molecule has 1 fully saturated rings. The number of amides is 1. The van der Waals surface area contributed by atoms with E-state index in [-0.39, 0.29) is 11.9 Å². The van der Waals surface area contributed by atoms with Crippen molar-refractivity contribution in [2.24, 2.45) is 5.73 Å². The number of hydrogen-bond donors (Lipinski definition) is 2. The summed E-state index contributed by atoms with van der Waals surface area (Å²) in [4.78, 5) is 32.0. The van der Waals surface area contributed by atoms with Gasteiger partial charge in [0.1, 0.15) is 5.58 Å². The Morgan fingerprint density at radius 2 is 1.74 bits per heavy atom. The molecule has 11 heteroatoms. The largest absolute Gasteiger partial charge is 0.490 e. The first-order valence-electron chi connectivity index (χ1n) is 9.30. The van der Waals surface area contributed by atoms with Gasteiger partial charge in [-0.3, -0.25) is 4.79 Å². The summed E-state index contributed by atoms with van der Waals surface area (Å²) in [6.07, 6.45) is 1.41. The lowest BCUT2D eigenvalue weighted by Crippen LogP contribution is -2.42. The highest BCUT2D eigenvalue weighted by Gasteiger charge is 2.38. The number of carbonyl (C=O) groups is 2. The van der Waals surface area contributed by atoms with E-state index in [1.165, 1.54) is 0 Å². The number of likely N-dealkylation sites (tertiary alicyclic amines) is 1. The van der Waals surface area contributed by atoms with E-state index in [0.29, 0.717) is 24.5 Å². The standard InChI is InChI=1S/C18H18N4O2.C2HF3O2/c19-14-4-7-22(8-5-14)18(23)13-10-20-17(21-11-13)15-3-1-2-12-6-9-24-16(12)15;3-2(4,5)1(6)7/h1-3,6,9-11,14H,4-5,7-8,19H2;(H,6,7). The minimum atomic E-state index is -5.08. The number of furan rings is 1. The molecule has 0 atom stereocenters. The van der Waals surface area contributed by atoms with Crippen LogP contribution in [0, 0.1) is 0 Å². The number of piperidine rings is 1. The molecule has 3 heterocycles. The Morgan fingerprint density at radius 1 is 1.13 bits per heavy atom. The number of nitrogens with two attached hydrogens (primary N) is 1. The van der Waals surface area contributed by atoms with Gasteiger partial charge in [0.15, 0.2) is 5.82 Å². The van der Waals surface area contributed by atoms with Gasteiger partial charge in [-0.1, -0.05) is 12.1 Å². The maximum Gasteiger partial charge on any atom is 0.490 e. The fraction of sp³-hybridized carbons (Fsp3) is 0.300. The molecule has 4 rings (SSSR count). The molecule has 2 aromatic heterocycles. The van der Waals surface area contributed by atoms with E-state index in [9.17, 15) is 18.0 Å². The van der Waals surface area contributed by atoms with E-state index in [1.54, 1.807) is 18.7 Å². The number of para-hydroxylation sites is 1. The van der Waals surface area contributed by atoms with E-state index in [1.807, 2.05) is 29.2 Å². The second-order valence-corrected chi connectivity index (χ2v) is 6.87. The molecule has 1 amide bonds. The number of carbonyl (C=O) groups excluding carboxylic acids is 1. The molecule has 1 aromatic carbocycles. The SMILES string of the molecule is NC1CCN(C(=O)c2cnc(-c3cccc4ccoc34)nc2)CC1.O=C(O)C(F)(F)F. The van der Waals surface area contributed by atoms with Gasteiger partial charge in [-0.15, -0.1) is 0 Å². The molecule has 0 spiro atoms. The van der Waals surface area contributed by atoms with Crippen LogP contribution in [0.2, 0.25) is 0 Å². The molecule has 3 aromatic rings. The Balaban J connectivity index is 0.000000339. The molecule has 164 valence electrons. The number of aromatic nitrogens is 2. The summed E-state index contributed by atoms with van der Waals surface area (Å²) in [6.45, 7) is 1.38. The maximum absolute atomic E-state index is 12.5. The first-order chi connectivity index (χ1) is 14.7. The van der Waals surface area contributed by atoms with Crippen LogP contribution in [-0.2, 0) is 4.79 Å². The maximum atomic E-state index is 12.5. The van der Waals surface area contributed by atoms with Gasteiger partial charge in [0.05, 0.1) is 17.4 Å². The van der Waals surface area contributed by atoms with Crippen LogP contribution in [0.4, 0.5) is 13.2 Å². The zero-order valence-electron chi connectivity index (χ0n) is 16.2. The van der Waals surface area contributed by atoms with E-state index in [0.717, 1.165) is 29.4 Å².